The fraction of sp³-hybridized carbons (Fsp3) is 0.394. The van der Waals surface area contributed by atoms with Crippen molar-refractivity contribution >= 4 is 17.6 Å². The second-order valence-electron chi connectivity index (χ2n) is 11.3. The number of carbonyl (C=O) groups is 2. The number of ether oxygens (including phenoxy) is 1. The number of anilines is 1. The third-order valence-corrected chi connectivity index (χ3v) is 7.36. The fourth-order valence-corrected chi connectivity index (χ4v) is 5.10. The van der Waals surface area contributed by atoms with Gasteiger partial charge in [0.05, 0.1) is 23.9 Å². The largest absolute Gasteiger partial charge is 0.486 e. The maximum absolute atomic E-state index is 13.6. The smallest absolute Gasteiger partial charge is 0.319 e. The summed E-state index contributed by atoms with van der Waals surface area (Å²) in [6.07, 6.45) is -0.278. The molecular formula is C33H42N4O4. The van der Waals surface area contributed by atoms with Crippen LogP contribution < -0.4 is 15.4 Å². The van der Waals surface area contributed by atoms with E-state index in [4.69, 9.17) is 4.74 Å². The van der Waals surface area contributed by atoms with E-state index in [1.54, 1.807) is 23.1 Å². The van der Waals surface area contributed by atoms with Crippen LogP contribution in [-0.4, -0.2) is 71.8 Å². The molecule has 0 fully saturated rings. The van der Waals surface area contributed by atoms with Crippen molar-refractivity contribution in [2.24, 2.45) is 5.92 Å². The van der Waals surface area contributed by atoms with Crippen molar-refractivity contribution in [2.45, 2.75) is 52.4 Å². The van der Waals surface area contributed by atoms with E-state index >= 15 is 0 Å². The quantitative estimate of drug-likeness (QED) is 0.334. The Bertz CT molecular complexity index is 1310. The normalized spacial score (nSPS) is 17.9. The predicted molar refractivity (Wildman–Crippen MR) is 163 cm³/mol. The standard InChI is InChI=1S/C33H42N4O4/c1-22(2)34-33(40)35-29-13-9-12-28-31(29)41-30(23(3)18-37(32(28)39)24(4)21-38)20-36(5)19-25-14-16-27(17-15-25)26-10-7-6-8-11-26/h6-17,22-24,30,38H,18-21H2,1-5H3,(H2,34,35,40)/t23-,24-,30-/m0/s1. The van der Waals surface area contributed by atoms with Crippen molar-refractivity contribution in [3.05, 3.63) is 83.9 Å². The van der Waals surface area contributed by atoms with E-state index in [1.165, 1.54) is 16.7 Å². The number of aliphatic hydroxyl groups is 1. The minimum Gasteiger partial charge on any atom is -0.486 e. The highest BCUT2D eigenvalue weighted by Gasteiger charge is 2.34. The van der Waals surface area contributed by atoms with E-state index in [2.05, 4.69) is 65.9 Å². The van der Waals surface area contributed by atoms with Gasteiger partial charge in [-0.3, -0.25) is 9.69 Å². The van der Waals surface area contributed by atoms with Crippen LogP contribution in [0.25, 0.3) is 11.1 Å². The molecule has 0 spiro atoms. The van der Waals surface area contributed by atoms with Gasteiger partial charge in [-0.15, -0.1) is 0 Å². The Kier molecular flexibility index (Phi) is 10.0. The summed E-state index contributed by atoms with van der Waals surface area (Å²) >= 11 is 0. The Morgan fingerprint density at radius 1 is 1.02 bits per heavy atom. The SMILES string of the molecule is CC(C)NC(=O)Nc1cccc2c1O[C@@H](CN(C)Cc1ccc(-c3ccccc3)cc1)[C@@H](C)CN([C@@H](C)CO)C2=O. The molecule has 3 amide bonds. The highest BCUT2D eigenvalue weighted by molar-refractivity contribution is 6.01. The molecule has 8 heteroatoms. The zero-order valence-corrected chi connectivity index (χ0v) is 24.6. The first-order chi connectivity index (χ1) is 19.7. The Morgan fingerprint density at radius 2 is 1.71 bits per heavy atom. The lowest BCUT2D eigenvalue weighted by atomic mass is 9.98. The lowest BCUT2D eigenvalue weighted by Crippen LogP contribution is -2.49. The number of nitrogens with one attached hydrogen (secondary N) is 2. The molecule has 0 bridgehead atoms. The monoisotopic (exact) mass is 558 g/mol. The van der Waals surface area contributed by atoms with Gasteiger partial charge in [0.1, 0.15) is 6.10 Å². The van der Waals surface area contributed by atoms with Gasteiger partial charge in [-0.1, -0.05) is 67.6 Å². The van der Waals surface area contributed by atoms with E-state index in [-0.39, 0.29) is 42.7 Å². The average Bonchev–Trinajstić information content (AvgIpc) is 2.95. The van der Waals surface area contributed by atoms with Crippen molar-refractivity contribution in [1.29, 1.82) is 0 Å². The minimum atomic E-state index is -0.368. The molecule has 41 heavy (non-hydrogen) atoms. The number of para-hydroxylation sites is 1. The number of aliphatic hydroxyl groups excluding tert-OH is 1. The third kappa shape index (κ3) is 7.65. The van der Waals surface area contributed by atoms with Gasteiger partial charge in [0.15, 0.2) is 5.75 Å². The number of amides is 3. The molecule has 1 aliphatic rings. The summed E-state index contributed by atoms with van der Waals surface area (Å²) in [7, 11) is 2.06. The van der Waals surface area contributed by atoms with E-state index < -0.39 is 0 Å². The molecular weight excluding hydrogens is 516 g/mol. The summed E-state index contributed by atoms with van der Waals surface area (Å²) < 4.78 is 6.61. The van der Waals surface area contributed by atoms with Crippen LogP contribution >= 0.6 is 0 Å². The Labute approximate surface area is 243 Å². The molecule has 3 atom stereocenters. The number of urea groups is 1. The van der Waals surface area contributed by atoms with Crippen LogP contribution in [0.15, 0.2) is 72.8 Å². The number of benzene rings is 3. The summed E-state index contributed by atoms with van der Waals surface area (Å²) in [5.41, 5.74) is 4.34. The average molecular weight is 559 g/mol. The predicted octanol–water partition coefficient (Wildman–Crippen LogP) is 5.24. The topological polar surface area (TPSA) is 94.1 Å². The molecule has 3 aromatic rings. The number of likely N-dealkylation sites (N-methyl/N-ethyl adjacent to an activating group) is 1. The van der Waals surface area contributed by atoms with Gasteiger partial charge < -0.3 is 25.4 Å². The molecule has 0 aromatic heterocycles. The van der Waals surface area contributed by atoms with Gasteiger partial charge in [-0.25, -0.2) is 4.79 Å². The third-order valence-electron chi connectivity index (χ3n) is 7.36. The molecule has 0 saturated carbocycles. The Balaban J connectivity index is 1.57. The summed E-state index contributed by atoms with van der Waals surface area (Å²) in [4.78, 5) is 30.2. The van der Waals surface area contributed by atoms with Gasteiger partial charge in [0.25, 0.3) is 5.91 Å². The number of hydrogen-bond donors (Lipinski definition) is 3. The highest BCUT2D eigenvalue weighted by Crippen LogP contribution is 2.35. The fourth-order valence-electron chi connectivity index (χ4n) is 5.10. The van der Waals surface area contributed by atoms with Crippen molar-refractivity contribution in [2.75, 3.05) is 32.1 Å². The molecule has 218 valence electrons. The number of hydrogen-bond acceptors (Lipinski definition) is 5. The second-order valence-corrected chi connectivity index (χ2v) is 11.3. The summed E-state index contributed by atoms with van der Waals surface area (Å²) in [6, 6.07) is 23.3. The van der Waals surface area contributed by atoms with Gasteiger partial charge in [0.2, 0.25) is 0 Å². The first-order valence-electron chi connectivity index (χ1n) is 14.3. The molecule has 3 aromatic carbocycles. The highest BCUT2D eigenvalue weighted by atomic mass is 16.5. The maximum Gasteiger partial charge on any atom is 0.319 e. The lowest BCUT2D eigenvalue weighted by Gasteiger charge is -2.38. The maximum atomic E-state index is 13.6. The molecule has 1 heterocycles. The lowest BCUT2D eigenvalue weighted by molar-refractivity contribution is 0.0343. The zero-order valence-electron chi connectivity index (χ0n) is 24.6. The van der Waals surface area contributed by atoms with Crippen LogP contribution in [0.5, 0.6) is 5.75 Å². The number of nitrogens with zero attached hydrogens (tertiary/aromatic N) is 2. The number of carbonyl (C=O) groups excluding carboxylic acids is 2. The molecule has 0 aliphatic carbocycles. The van der Waals surface area contributed by atoms with Gasteiger partial charge in [-0.05, 0) is 56.6 Å². The summed E-state index contributed by atoms with van der Waals surface area (Å²) in [6.45, 7) is 9.28. The first-order valence-corrected chi connectivity index (χ1v) is 14.3. The number of rotatable bonds is 9. The van der Waals surface area contributed by atoms with E-state index in [1.807, 2.05) is 39.0 Å². The van der Waals surface area contributed by atoms with E-state index in [0.29, 0.717) is 30.1 Å². The molecule has 4 rings (SSSR count). The van der Waals surface area contributed by atoms with Crippen molar-refractivity contribution in [1.82, 2.24) is 15.1 Å². The second kappa shape index (κ2) is 13.7. The van der Waals surface area contributed by atoms with Crippen LogP contribution in [0.4, 0.5) is 10.5 Å². The van der Waals surface area contributed by atoms with Crippen LogP contribution in [0.3, 0.4) is 0 Å². The Morgan fingerprint density at radius 3 is 2.37 bits per heavy atom. The molecule has 0 saturated heterocycles. The molecule has 8 nitrogen and oxygen atoms in total. The van der Waals surface area contributed by atoms with Crippen LogP contribution in [0.2, 0.25) is 0 Å². The van der Waals surface area contributed by atoms with Crippen LogP contribution in [0.1, 0.15) is 43.6 Å². The van der Waals surface area contributed by atoms with Gasteiger partial charge in [0, 0.05) is 31.6 Å². The van der Waals surface area contributed by atoms with Crippen LogP contribution in [0, 0.1) is 5.92 Å². The number of fused-ring (bicyclic) bond motifs is 1. The van der Waals surface area contributed by atoms with Crippen molar-refractivity contribution in [3.63, 3.8) is 0 Å². The van der Waals surface area contributed by atoms with E-state index in [0.717, 1.165) is 6.54 Å². The summed E-state index contributed by atoms with van der Waals surface area (Å²) in [5, 5.41) is 15.6. The Hall–Kier alpha value is -3.88. The van der Waals surface area contributed by atoms with Crippen molar-refractivity contribution in [3.8, 4) is 16.9 Å². The molecule has 3 N–H and O–H groups in total. The summed E-state index contributed by atoms with van der Waals surface area (Å²) in [5.74, 6) is 0.0805. The minimum absolute atomic E-state index is 0.0402. The van der Waals surface area contributed by atoms with Crippen molar-refractivity contribution < 1.29 is 19.4 Å². The van der Waals surface area contributed by atoms with Crippen LogP contribution in [-0.2, 0) is 6.54 Å². The zero-order chi connectivity index (χ0) is 29.5. The van der Waals surface area contributed by atoms with E-state index in [9.17, 15) is 14.7 Å². The van der Waals surface area contributed by atoms with Gasteiger partial charge >= 0.3 is 6.03 Å². The molecule has 0 radical (unpaired) electrons. The first kappa shape index (κ1) is 30.1. The van der Waals surface area contributed by atoms with Gasteiger partial charge in [-0.2, -0.15) is 0 Å². The molecule has 0 unspecified atom stereocenters. The molecule has 1 aliphatic heterocycles.